The Morgan fingerprint density at radius 1 is 1.71 bits per heavy atom. The van der Waals surface area contributed by atoms with Crippen molar-refractivity contribution in [2.24, 2.45) is 5.73 Å². The topological polar surface area (TPSA) is 56.2 Å². The quantitative estimate of drug-likeness (QED) is 0.828. The van der Waals surface area contributed by atoms with Crippen LogP contribution in [0.5, 0.6) is 0 Å². The van der Waals surface area contributed by atoms with Crippen LogP contribution in [0.3, 0.4) is 0 Å². The van der Waals surface area contributed by atoms with Crippen LogP contribution in [0.2, 0.25) is 0 Å². The molecule has 1 aromatic rings. The van der Waals surface area contributed by atoms with E-state index in [0.717, 1.165) is 12.8 Å². The number of ketones is 1. The largest absolute Gasteiger partial charge is 0.460 e. The summed E-state index contributed by atoms with van der Waals surface area (Å²) in [6.45, 7) is 2.07. The molecule has 0 aromatic carbocycles. The van der Waals surface area contributed by atoms with Gasteiger partial charge in [0, 0.05) is 0 Å². The maximum absolute atomic E-state index is 11.7. The highest BCUT2D eigenvalue weighted by atomic mass is 79.9. The van der Waals surface area contributed by atoms with E-state index in [2.05, 4.69) is 22.9 Å². The van der Waals surface area contributed by atoms with Crippen LogP contribution >= 0.6 is 15.9 Å². The molecule has 78 valence electrons. The number of nitrogens with two attached hydrogens (primary N) is 1. The van der Waals surface area contributed by atoms with E-state index in [1.807, 2.05) is 0 Å². The zero-order chi connectivity index (χ0) is 10.6. The highest BCUT2D eigenvalue weighted by molar-refractivity contribution is 9.10. The Hall–Kier alpha value is -0.610. The fourth-order valence-electron chi connectivity index (χ4n) is 1.19. The van der Waals surface area contributed by atoms with E-state index in [-0.39, 0.29) is 5.78 Å². The van der Waals surface area contributed by atoms with Crippen molar-refractivity contribution in [3.05, 3.63) is 22.6 Å². The van der Waals surface area contributed by atoms with Gasteiger partial charge in [-0.25, -0.2) is 0 Å². The van der Waals surface area contributed by atoms with Gasteiger partial charge in [-0.05, 0) is 28.4 Å². The van der Waals surface area contributed by atoms with Crippen molar-refractivity contribution >= 4 is 21.7 Å². The molecule has 0 saturated heterocycles. The second-order valence-electron chi connectivity index (χ2n) is 3.21. The van der Waals surface area contributed by atoms with Crippen LogP contribution in [0.25, 0.3) is 0 Å². The molecule has 0 bridgehead atoms. The molecule has 0 aliphatic carbocycles. The van der Waals surface area contributed by atoms with Crippen LogP contribution in [0, 0.1) is 0 Å². The lowest BCUT2D eigenvalue weighted by Gasteiger charge is -2.07. The first-order chi connectivity index (χ1) is 6.66. The zero-order valence-corrected chi connectivity index (χ0v) is 9.71. The van der Waals surface area contributed by atoms with Crippen LogP contribution in [-0.2, 0) is 0 Å². The Balaban J connectivity index is 2.61. The van der Waals surface area contributed by atoms with Gasteiger partial charge < -0.3 is 10.2 Å². The van der Waals surface area contributed by atoms with Gasteiger partial charge in [-0.15, -0.1) is 0 Å². The monoisotopic (exact) mass is 259 g/mol. The average molecular weight is 260 g/mol. The fraction of sp³-hybridized carbons (Fsp3) is 0.500. The molecule has 0 fully saturated rings. The molecule has 0 saturated carbocycles. The number of carbonyl (C=O) groups is 1. The summed E-state index contributed by atoms with van der Waals surface area (Å²) in [6, 6.07) is 1.25. The highest BCUT2D eigenvalue weighted by Gasteiger charge is 2.20. The number of unbranched alkanes of at least 4 members (excludes halogenated alkanes) is 1. The molecule has 0 amide bonds. The molecule has 1 heterocycles. The Morgan fingerprint density at radius 3 is 2.93 bits per heavy atom. The van der Waals surface area contributed by atoms with E-state index in [9.17, 15) is 4.79 Å². The maximum atomic E-state index is 11.7. The van der Waals surface area contributed by atoms with Crippen molar-refractivity contribution in [2.45, 2.75) is 32.2 Å². The minimum absolute atomic E-state index is 0.129. The van der Waals surface area contributed by atoms with Gasteiger partial charge in [0.25, 0.3) is 0 Å². The summed E-state index contributed by atoms with van der Waals surface area (Å²) in [5, 5.41) is 0. The highest BCUT2D eigenvalue weighted by Crippen LogP contribution is 2.19. The summed E-state index contributed by atoms with van der Waals surface area (Å²) in [6.07, 6.45) is 4.19. The molecule has 3 nitrogen and oxygen atoms in total. The van der Waals surface area contributed by atoms with Crippen LogP contribution in [0.15, 0.2) is 21.2 Å². The van der Waals surface area contributed by atoms with E-state index < -0.39 is 6.04 Å². The third-order valence-corrected chi connectivity index (χ3v) is 2.67. The van der Waals surface area contributed by atoms with Gasteiger partial charge in [-0.2, -0.15) is 0 Å². The molecule has 0 radical (unpaired) electrons. The predicted octanol–water partition coefficient (Wildman–Crippen LogP) is 2.74. The smallest absolute Gasteiger partial charge is 0.215 e. The summed E-state index contributed by atoms with van der Waals surface area (Å²) in [5.41, 5.74) is 5.73. The SMILES string of the molecule is CCCCC(N)C(=O)c1occc1Br. The second kappa shape index (κ2) is 5.32. The van der Waals surface area contributed by atoms with E-state index >= 15 is 0 Å². The fourth-order valence-corrected chi connectivity index (χ4v) is 1.59. The zero-order valence-electron chi connectivity index (χ0n) is 8.13. The summed E-state index contributed by atoms with van der Waals surface area (Å²) in [5.74, 6) is 0.198. The third kappa shape index (κ3) is 2.69. The van der Waals surface area contributed by atoms with Crippen molar-refractivity contribution in [1.82, 2.24) is 0 Å². The molecule has 0 spiro atoms. The summed E-state index contributed by atoms with van der Waals surface area (Å²) < 4.78 is 5.73. The molecule has 4 heteroatoms. The molecular weight excluding hydrogens is 246 g/mol. The Labute approximate surface area is 91.8 Å². The van der Waals surface area contributed by atoms with Gasteiger partial charge in [0.1, 0.15) is 0 Å². The van der Waals surface area contributed by atoms with Crippen molar-refractivity contribution in [3.8, 4) is 0 Å². The van der Waals surface area contributed by atoms with Crippen LogP contribution in [-0.4, -0.2) is 11.8 Å². The van der Waals surface area contributed by atoms with Crippen LogP contribution in [0.4, 0.5) is 0 Å². The van der Waals surface area contributed by atoms with Gasteiger partial charge in [-0.3, -0.25) is 4.79 Å². The number of hydrogen-bond donors (Lipinski definition) is 1. The van der Waals surface area contributed by atoms with Crippen molar-refractivity contribution in [2.75, 3.05) is 0 Å². The van der Waals surface area contributed by atoms with Crippen LogP contribution < -0.4 is 5.73 Å². The normalized spacial score (nSPS) is 12.8. The lowest BCUT2D eigenvalue weighted by Crippen LogP contribution is -2.30. The van der Waals surface area contributed by atoms with E-state index in [1.165, 1.54) is 6.26 Å². The van der Waals surface area contributed by atoms with Gasteiger partial charge in [0.2, 0.25) is 5.78 Å². The molecule has 2 N–H and O–H groups in total. The Morgan fingerprint density at radius 2 is 2.43 bits per heavy atom. The van der Waals surface area contributed by atoms with Gasteiger partial charge in [0.05, 0.1) is 16.8 Å². The number of furan rings is 1. The first-order valence-electron chi connectivity index (χ1n) is 4.69. The molecule has 0 aliphatic heterocycles. The molecule has 1 aromatic heterocycles. The predicted molar refractivity (Wildman–Crippen MR) is 58.2 cm³/mol. The summed E-state index contributed by atoms with van der Waals surface area (Å²) in [4.78, 5) is 11.7. The maximum Gasteiger partial charge on any atom is 0.215 e. The molecule has 0 aliphatic rings. The molecule has 14 heavy (non-hydrogen) atoms. The molecule has 1 unspecified atom stereocenters. The van der Waals surface area contributed by atoms with Crippen molar-refractivity contribution in [3.63, 3.8) is 0 Å². The number of rotatable bonds is 5. The standard InChI is InChI=1S/C10H14BrNO2/c1-2-3-4-8(12)9(13)10-7(11)5-6-14-10/h5-6,8H,2-4,12H2,1H3. The van der Waals surface area contributed by atoms with Crippen molar-refractivity contribution < 1.29 is 9.21 Å². The summed E-state index contributed by atoms with van der Waals surface area (Å²) >= 11 is 3.23. The molecular formula is C10H14BrNO2. The van der Waals surface area contributed by atoms with E-state index in [0.29, 0.717) is 16.7 Å². The Kier molecular flexibility index (Phi) is 4.35. The number of Topliss-reactive ketones (excluding diaryl/α,β-unsaturated/α-hetero) is 1. The van der Waals surface area contributed by atoms with Crippen LogP contribution in [0.1, 0.15) is 36.7 Å². The second-order valence-corrected chi connectivity index (χ2v) is 4.06. The number of carbonyl (C=O) groups excluding carboxylic acids is 1. The van der Waals surface area contributed by atoms with E-state index in [1.54, 1.807) is 6.07 Å². The van der Waals surface area contributed by atoms with Crippen molar-refractivity contribution in [1.29, 1.82) is 0 Å². The third-order valence-electron chi connectivity index (χ3n) is 2.05. The van der Waals surface area contributed by atoms with Gasteiger partial charge in [-0.1, -0.05) is 19.8 Å². The van der Waals surface area contributed by atoms with Gasteiger partial charge in [0.15, 0.2) is 5.76 Å². The lowest BCUT2D eigenvalue weighted by molar-refractivity contribution is 0.0927. The first-order valence-corrected chi connectivity index (χ1v) is 5.49. The first kappa shape index (κ1) is 11.5. The van der Waals surface area contributed by atoms with Gasteiger partial charge >= 0.3 is 0 Å². The van der Waals surface area contributed by atoms with E-state index in [4.69, 9.17) is 10.2 Å². The average Bonchev–Trinajstić information content (AvgIpc) is 2.59. The number of hydrogen-bond acceptors (Lipinski definition) is 3. The minimum atomic E-state index is -0.447. The Bertz CT molecular complexity index is 309. The molecule has 1 atom stereocenters. The lowest BCUT2D eigenvalue weighted by atomic mass is 10.1. The minimum Gasteiger partial charge on any atom is -0.460 e. The summed E-state index contributed by atoms with van der Waals surface area (Å²) in [7, 11) is 0. The number of halogens is 1. The molecule has 1 rings (SSSR count).